The highest BCUT2D eigenvalue weighted by Crippen LogP contribution is 2.31. The van der Waals surface area contributed by atoms with Crippen molar-refractivity contribution in [2.45, 2.75) is 20.8 Å². The molecule has 15 heavy (non-hydrogen) atoms. The molecule has 0 spiro atoms. The van der Waals surface area contributed by atoms with Gasteiger partial charge in [-0.25, -0.2) is 0 Å². The molecule has 0 N–H and O–H groups in total. The van der Waals surface area contributed by atoms with Crippen LogP contribution in [0, 0.1) is 13.8 Å². The number of fused-ring (bicyclic) bond motifs is 1. The number of Topliss-reactive ketones (excluding diaryl/α,β-unsaturated/α-hetero) is 1. The summed E-state index contributed by atoms with van der Waals surface area (Å²) in [5.74, 6) is 0.852. The molecular formula is C12H11ClO2. The van der Waals surface area contributed by atoms with Crippen molar-refractivity contribution in [2.24, 2.45) is 0 Å². The Balaban J connectivity index is 2.85. The summed E-state index contributed by atoms with van der Waals surface area (Å²) in [7, 11) is 0. The fourth-order valence-corrected chi connectivity index (χ4v) is 1.86. The third kappa shape index (κ3) is 1.55. The zero-order chi connectivity index (χ0) is 11.2. The lowest BCUT2D eigenvalue weighted by Gasteiger charge is -1.98. The first-order chi connectivity index (χ1) is 7.00. The largest absolute Gasteiger partial charge is 0.460 e. The van der Waals surface area contributed by atoms with Crippen LogP contribution in [0.25, 0.3) is 11.0 Å². The Morgan fingerprint density at radius 1 is 1.33 bits per heavy atom. The number of carbonyl (C=O) groups is 1. The van der Waals surface area contributed by atoms with Crippen molar-refractivity contribution in [3.63, 3.8) is 0 Å². The summed E-state index contributed by atoms with van der Waals surface area (Å²) in [6.07, 6.45) is 0. The van der Waals surface area contributed by atoms with Crippen molar-refractivity contribution >= 4 is 28.4 Å². The number of furan rings is 1. The standard InChI is InChI=1S/C12H11ClO2/c1-6-8(3)15-12-10(6)4-9(7(2)14)5-11(12)13/h4-5H,1-3H3. The maximum absolute atomic E-state index is 11.3. The second-order valence-electron chi connectivity index (χ2n) is 3.67. The van der Waals surface area contributed by atoms with Gasteiger partial charge in [0.15, 0.2) is 11.4 Å². The van der Waals surface area contributed by atoms with Crippen molar-refractivity contribution in [1.82, 2.24) is 0 Å². The Bertz CT molecular complexity index is 552. The molecule has 3 heteroatoms. The summed E-state index contributed by atoms with van der Waals surface area (Å²) in [4.78, 5) is 11.3. The quantitative estimate of drug-likeness (QED) is 0.685. The van der Waals surface area contributed by atoms with Gasteiger partial charge in [0, 0.05) is 10.9 Å². The molecule has 0 radical (unpaired) electrons. The molecule has 0 aliphatic heterocycles. The molecular weight excluding hydrogens is 212 g/mol. The summed E-state index contributed by atoms with van der Waals surface area (Å²) in [5, 5.41) is 1.42. The van der Waals surface area contributed by atoms with E-state index >= 15 is 0 Å². The van der Waals surface area contributed by atoms with E-state index in [1.807, 2.05) is 19.9 Å². The number of hydrogen-bond donors (Lipinski definition) is 0. The molecule has 0 bridgehead atoms. The molecule has 0 aliphatic carbocycles. The monoisotopic (exact) mass is 222 g/mol. The van der Waals surface area contributed by atoms with Gasteiger partial charge in [0.1, 0.15) is 5.76 Å². The first kappa shape index (κ1) is 10.2. The lowest BCUT2D eigenvalue weighted by atomic mass is 10.1. The molecule has 2 aromatic rings. The summed E-state index contributed by atoms with van der Waals surface area (Å²) >= 11 is 6.05. The number of ketones is 1. The number of benzene rings is 1. The maximum atomic E-state index is 11.3. The van der Waals surface area contributed by atoms with Crippen molar-refractivity contribution < 1.29 is 9.21 Å². The lowest BCUT2D eigenvalue weighted by molar-refractivity contribution is 0.101. The highest BCUT2D eigenvalue weighted by Gasteiger charge is 2.13. The highest BCUT2D eigenvalue weighted by atomic mass is 35.5. The Morgan fingerprint density at radius 2 is 2.00 bits per heavy atom. The van der Waals surface area contributed by atoms with Crippen LogP contribution in [0.15, 0.2) is 16.5 Å². The average molecular weight is 223 g/mol. The molecule has 2 nitrogen and oxygen atoms in total. The molecule has 0 atom stereocenters. The van der Waals surface area contributed by atoms with Gasteiger partial charge in [-0.15, -0.1) is 0 Å². The van der Waals surface area contributed by atoms with Crippen LogP contribution in [0.4, 0.5) is 0 Å². The van der Waals surface area contributed by atoms with Crippen molar-refractivity contribution in [3.8, 4) is 0 Å². The van der Waals surface area contributed by atoms with Crippen molar-refractivity contribution in [2.75, 3.05) is 0 Å². The van der Waals surface area contributed by atoms with Crippen LogP contribution >= 0.6 is 11.6 Å². The summed E-state index contributed by atoms with van der Waals surface area (Å²) < 4.78 is 5.52. The summed E-state index contributed by atoms with van der Waals surface area (Å²) in [6.45, 7) is 5.38. The van der Waals surface area contributed by atoms with Crippen molar-refractivity contribution in [3.05, 3.63) is 34.0 Å². The number of hydrogen-bond acceptors (Lipinski definition) is 2. The lowest BCUT2D eigenvalue weighted by Crippen LogP contribution is -1.91. The van der Waals surface area contributed by atoms with Gasteiger partial charge in [0.2, 0.25) is 0 Å². The molecule has 0 aliphatic rings. The van der Waals surface area contributed by atoms with Gasteiger partial charge in [-0.1, -0.05) is 11.6 Å². The van der Waals surface area contributed by atoms with Gasteiger partial charge in [0.05, 0.1) is 5.02 Å². The van der Waals surface area contributed by atoms with Crippen LogP contribution < -0.4 is 0 Å². The van der Waals surface area contributed by atoms with Gasteiger partial charge < -0.3 is 4.42 Å². The number of halogens is 1. The SMILES string of the molecule is CC(=O)c1cc(Cl)c2oc(C)c(C)c2c1. The third-order valence-electron chi connectivity index (χ3n) is 2.64. The summed E-state index contributed by atoms with van der Waals surface area (Å²) in [6, 6.07) is 3.48. The first-order valence-electron chi connectivity index (χ1n) is 4.71. The van der Waals surface area contributed by atoms with Crippen molar-refractivity contribution in [1.29, 1.82) is 0 Å². The number of carbonyl (C=O) groups excluding carboxylic acids is 1. The fourth-order valence-electron chi connectivity index (χ4n) is 1.60. The Hall–Kier alpha value is -1.28. The zero-order valence-electron chi connectivity index (χ0n) is 8.85. The predicted molar refractivity (Wildman–Crippen MR) is 60.7 cm³/mol. The topological polar surface area (TPSA) is 30.2 Å². The molecule has 1 heterocycles. The van der Waals surface area contributed by atoms with E-state index in [-0.39, 0.29) is 5.78 Å². The van der Waals surface area contributed by atoms with Crippen LogP contribution in [0.3, 0.4) is 0 Å². The van der Waals surface area contributed by atoms with Crippen LogP contribution in [-0.4, -0.2) is 5.78 Å². The minimum Gasteiger partial charge on any atom is -0.460 e. The highest BCUT2D eigenvalue weighted by molar-refractivity contribution is 6.35. The molecule has 78 valence electrons. The molecule has 0 saturated heterocycles. The first-order valence-corrected chi connectivity index (χ1v) is 5.08. The normalized spacial score (nSPS) is 10.9. The van der Waals surface area contributed by atoms with E-state index in [1.165, 1.54) is 6.92 Å². The fraction of sp³-hybridized carbons (Fsp3) is 0.250. The smallest absolute Gasteiger partial charge is 0.159 e. The van der Waals surface area contributed by atoms with E-state index in [2.05, 4.69) is 0 Å². The average Bonchev–Trinajstić information content (AvgIpc) is 2.45. The zero-order valence-corrected chi connectivity index (χ0v) is 9.61. The van der Waals surface area contributed by atoms with E-state index < -0.39 is 0 Å². The molecule has 1 aromatic heterocycles. The van der Waals surface area contributed by atoms with Gasteiger partial charge >= 0.3 is 0 Å². The molecule has 0 fully saturated rings. The van der Waals surface area contributed by atoms with Crippen LogP contribution in [0.1, 0.15) is 28.6 Å². The van der Waals surface area contributed by atoms with E-state index in [0.29, 0.717) is 16.2 Å². The molecule has 0 amide bonds. The Morgan fingerprint density at radius 3 is 2.60 bits per heavy atom. The Labute approximate surface area is 92.8 Å². The van der Waals surface area contributed by atoms with Crippen LogP contribution in [0.2, 0.25) is 5.02 Å². The number of rotatable bonds is 1. The minimum absolute atomic E-state index is 0.0112. The second kappa shape index (κ2) is 3.38. The number of aryl methyl sites for hydroxylation is 2. The summed E-state index contributed by atoms with van der Waals surface area (Å²) in [5.41, 5.74) is 2.32. The van der Waals surface area contributed by atoms with E-state index in [0.717, 1.165) is 16.7 Å². The minimum atomic E-state index is 0.0112. The maximum Gasteiger partial charge on any atom is 0.159 e. The Kier molecular flexibility index (Phi) is 2.31. The van der Waals surface area contributed by atoms with Gasteiger partial charge in [0.25, 0.3) is 0 Å². The molecule has 0 saturated carbocycles. The molecule has 2 rings (SSSR count). The van der Waals surface area contributed by atoms with Gasteiger partial charge in [-0.3, -0.25) is 4.79 Å². The van der Waals surface area contributed by atoms with E-state index in [9.17, 15) is 4.79 Å². The second-order valence-corrected chi connectivity index (χ2v) is 4.08. The third-order valence-corrected chi connectivity index (χ3v) is 2.92. The van der Waals surface area contributed by atoms with E-state index in [1.54, 1.807) is 6.07 Å². The van der Waals surface area contributed by atoms with E-state index in [4.69, 9.17) is 16.0 Å². The molecule has 0 unspecified atom stereocenters. The van der Waals surface area contributed by atoms with Crippen LogP contribution in [-0.2, 0) is 0 Å². The predicted octanol–water partition coefficient (Wildman–Crippen LogP) is 3.91. The van der Waals surface area contributed by atoms with Gasteiger partial charge in [-0.2, -0.15) is 0 Å². The van der Waals surface area contributed by atoms with Crippen LogP contribution in [0.5, 0.6) is 0 Å². The molecule has 1 aromatic carbocycles. The van der Waals surface area contributed by atoms with Gasteiger partial charge in [-0.05, 0) is 38.5 Å².